The number of fused-ring (bicyclic) bond motifs is 1. The number of benzene rings is 2. The van der Waals surface area contributed by atoms with Crippen LogP contribution in [-0.4, -0.2) is 10.2 Å². The lowest BCUT2D eigenvalue weighted by Gasteiger charge is -2.02. The van der Waals surface area contributed by atoms with Gasteiger partial charge in [-0.3, -0.25) is 5.10 Å². The summed E-state index contributed by atoms with van der Waals surface area (Å²) < 4.78 is 0. The molecule has 4 heteroatoms. The van der Waals surface area contributed by atoms with E-state index in [1.54, 1.807) is 11.3 Å². The van der Waals surface area contributed by atoms with Gasteiger partial charge < -0.3 is 5.32 Å². The van der Waals surface area contributed by atoms with E-state index in [0.29, 0.717) is 0 Å². The summed E-state index contributed by atoms with van der Waals surface area (Å²) in [5, 5.41) is 13.9. The molecule has 0 aliphatic carbocycles. The van der Waals surface area contributed by atoms with Crippen LogP contribution in [0.1, 0.15) is 0 Å². The van der Waals surface area contributed by atoms with Crippen LogP contribution in [0.25, 0.3) is 21.3 Å². The molecule has 0 spiro atoms. The Labute approximate surface area is 126 Å². The third kappa shape index (κ3) is 2.30. The van der Waals surface area contributed by atoms with Gasteiger partial charge in [-0.15, -0.1) is 11.3 Å². The summed E-state index contributed by atoms with van der Waals surface area (Å²) in [5.41, 5.74) is 4.50. The first kappa shape index (κ1) is 12.2. The van der Waals surface area contributed by atoms with Gasteiger partial charge in [0.2, 0.25) is 0 Å². The monoisotopic (exact) mass is 291 g/mol. The standard InChI is InChI=1S/C17H13N3S/c1-2-5-12(6-3-1)19-13-9-17(21-11-13)14-7-4-8-16-15(14)10-18-20-16/h1-11,19H,(H,18,20). The zero-order chi connectivity index (χ0) is 14.1. The van der Waals surface area contributed by atoms with Gasteiger partial charge in [0.15, 0.2) is 0 Å². The normalized spacial score (nSPS) is 10.9. The maximum Gasteiger partial charge on any atom is 0.0656 e. The van der Waals surface area contributed by atoms with Gasteiger partial charge in [-0.05, 0) is 24.3 Å². The molecule has 0 unspecified atom stereocenters. The molecule has 0 saturated carbocycles. The van der Waals surface area contributed by atoms with Gasteiger partial charge >= 0.3 is 0 Å². The molecule has 0 saturated heterocycles. The maximum atomic E-state index is 4.13. The number of H-pyrrole nitrogens is 1. The summed E-state index contributed by atoms with van der Waals surface area (Å²) in [6.07, 6.45) is 1.88. The van der Waals surface area contributed by atoms with Crippen LogP contribution in [0.15, 0.2) is 66.2 Å². The van der Waals surface area contributed by atoms with Crippen LogP contribution < -0.4 is 5.32 Å². The van der Waals surface area contributed by atoms with Crippen molar-refractivity contribution >= 4 is 33.6 Å². The molecule has 0 atom stereocenters. The third-order valence-corrected chi connectivity index (χ3v) is 4.38. The maximum absolute atomic E-state index is 4.13. The van der Waals surface area contributed by atoms with Crippen LogP contribution in [0.2, 0.25) is 0 Å². The van der Waals surface area contributed by atoms with Crippen molar-refractivity contribution in [3.63, 3.8) is 0 Å². The fourth-order valence-electron chi connectivity index (χ4n) is 2.41. The summed E-state index contributed by atoms with van der Waals surface area (Å²) in [6.45, 7) is 0. The average molecular weight is 291 g/mol. The van der Waals surface area contributed by atoms with Crippen molar-refractivity contribution in [2.75, 3.05) is 5.32 Å². The highest BCUT2D eigenvalue weighted by Crippen LogP contribution is 2.35. The Morgan fingerprint density at radius 1 is 0.952 bits per heavy atom. The Kier molecular flexibility index (Phi) is 2.94. The van der Waals surface area contributed by atoms with Crippen molar-refractivity contribution in [1.29, 1.82) is 0 Å². The number of nitrogens with zero attached hydrogens (tertiary/aromatic N) is 1. The highest BCUT2D eigenvalue weighted by atomic mass is 32.1. The Morgan fingerprint density at radius 3 is 2.76 bits per heavy atom. The molecular formula is C17H13N3S. The minimum absolute atomic E-state index is 1.07. The Bertz CT molecular complexity index is 877. The predicted molar refractivity (Wildman–Crippen MR) is 89.1 cm³/mol. The highest BCUT2D eigenvalue weighted by Gasteiger charge is 2.08. The van der Waals surface area contributed by atoms with Crippen LogP contribution in [-0.2, 0) is 0 Å². The number of aromatic nitrogens is 2. The predicted octanol–water partition coefficient (Wildman–Crippen LogP) is 5.04. The Morgan fingerprint density at radius 2 is 1.86 bits per heavy atom. The number of aromatic amines is 1. The van der Waals surface area contributed by atoms with Crippen LogP contribution in [0.4, 0.5) is 11.4 Å². The second kappa shape index (κ2) is 5.07. The van der Waals surface area contributed by atoms with Crippen LogP contribution in [0, 0.1) is 0 Å². The molecular weight excluding hydrogens is 278 g/mol. The third-order valence-electron chi connectivity index (χ3n) is 3.41. The summed E-state index contributed by atoms with van der Waals surface area (Å²) in [5.74, 6) is 0. The molecule has 0 aliphatic rings. The molecule has 2 heterocycles. The van der Waals surface area contributed by atoms with Gasteiger partial charge in [-0.2, -0.15) is 5.10 Å². The van der Waals surface area contributed by atoms with Crippen molar-refractivity contribution < 1.29 is 0 Å². The second-order valence-corrected chi connectivity index (χ2v) is 5.74. The van der Waals surface area contributed by atoms with Crippen molar-refractivity contribution in [2.45, 2.75) is 0 Å². The van der Waals surface area contributed by atoms with Crippen LogP contribution >= 0.6 is 11.3 Å². The van der Waals surface area contributed by atoms with Gasteiger partial charge in [-0.1, -0.05) is 30.3 Å². The Balaban J connectivity index is 1.70. The minimum atomic E-state index is 1.07. The fourth-order valence-corrected chi connectivity index (χ4v) is 3.30. The van der Waals surface area contributed by atoms with E-state index < -0.39 is 0 Å². The van der Waals surface area contributed by atoms with Gasteiger partial charge in [0.25, 0.3) is 0 Å². The lowest BCUT2D eigenvalue weighted by molar-refractivity contribution is 1.12. The van der Waals surface area contributed by atoms with E-state index in [9.17, 15) is 0 Å². The number of anilines is 2. The molecule has 2 aromatic carbocycles. The number of hydrogen-bond acceptors (Lipinski definition) is 3. The molecule has 102 valence electrons. The number of para-hydroxylation sites is 1. The van der Waals surface area contributed by atoms with Crippen LogP contribution in [0.5, 0.6) is 0 Å². The molecule has 21 heavy (non-hydrogen) atoms. The summed E-state index contributed by atoms with van der Waals surface area (Å²) >= 11 is 1.74. The first-order valence-corrected chi connectivity index (χ1v) is 7.61. The van der Waals surface area contributed by atoms with Gasteiger partial charge in [0.1, 0.15) is 0 Å². The van der Waals surface area contributed by atoms with Gasteiger partial charge in [-0.25, -0.2) is 0 Å². The molecule has 0 amide bonds. The van der Waals surface area contributed by atoms with E-state index in [1.165, 1.54) is 10.4 Å². The summed E-state index contributed by atoms with van der Waals surface area (Å²) in [7, 11) is 0. The van der Waals surface area contributed by atoms with Gasteiger partial charge in [0, 0.05) is 32.6 Å². The van der Waals surface area contributed by atoms with E-state index in [0.717, 1.165) is 22.3 Å². The van der Waals surface area contributed by atoms with Crippen LogP contribution in [0.3, 0.4) is 0 Å². The zero-order valence-electron chi connectivity index (χ0n) is 11.2. The molecule has 0 bridgehead atoms. The zero-order valence-corrected chi connectivity index (χ0v) is 12.0. The van der Waals surface area contributed by atoms with Gasteiger partial charge in [0.05, 0.1) is 11.7 Å². The lowest BCUT2D eigenvalue weighted by Crippen LogP contribution is -1.86. The smallest absolute Gasteiger partial charge is 0.0656 e. The summed E-state index contributed by atoms with van der Waals surface area (Å²) in [6, 6.07) is 18.6. The quantitative estimate of drug-likeness (QED) is 0.555. The molecule has 0 aliphatic heterocycles. The number of rotatable bonds is 3. The van der Waals surface area contributed by atoms with Crippen molar-refractivity contribution in [3.8, 4) is 10.4 Å². The first-order valence-electron chi connectivity index (χ1n) is 6.73. The summed E-state index contributed by atoms with van der Waals surface area (Å²) in [4.78, 5) is 1.24. The number of thiophene rings is 1. The van der Waals surface area contributed by atoms with E-state index >= 15 is 0 Å². The lowest BCUT2D eigenvalue weighted by atomic mass is 10.1. The molecule has 0 fully saturated rings. The SMILES string of the molecule is c1ccc(Nc2csc(-c3cccc4[nH]ncc34)c2)cc1. The molecule has 4 rings (SSSR count). The fraction of sp³-hybridized carbons (Fsp3) is 0. The minimum Gasteiger partial charge on any atom is -0.355 e. The first-order chi connectivity index (χ1) is 10.4. The van der Waals surface area contributed by atoms with Crippen molar-refractivity contribution in [2.24, 2.45) is 0 Å². The second-order valence-electron chi connectivity index (χ2n) is 4.83. The molecule has 0 radical (unpaired) electrons. The average Bonchev–Trinajstić information content (AvgIpc) is 3.16. The van der Waals surface area contributed by atoms with Crippen molar-refractivity contribution in [1.82, 2.24) is 10.2 Å². The molecule has 2 N–H and O–H groups in total. The van der Waals surface area contributed by atoms with E-state index in [2.05, 4.69) is 51.2 Å². The number of nitrogens with one attached hydrogen (secondary N) is 2. The largest absolute Gasteiger partial charge is 0.355 e. The molecule has 4 aromatic rings. The van der Waals surface area contributed by atoms with E-state index in [-0.39, 0.29) is 0 Å². The van der Waals surface area contributed by atoms with E-state index in [1.807, 2.05) is 30.5 Å². The highest BCUT2D eigenvalue weighted by molar-refractivity contribution is 7.14. The Hall–Kier alpha value is -2.59. The topological polar surface area (TPSA) is 40.7 Å². The number of hydrogen-bond donors (Lipinski definition) is 2. The molecule has 3 nitrogen and oxygen atoms in total. The van der Waals surface area contributed by atoms with Crippen molar-refractivity contribution in [3.05, 3.63) is 66.2 Å². The van der Waals surface area contributed by atoms with E-state index in [4.69, 9.17) is 0 Å². The molecule has 2 aromatic heterocycles.